The minimum absolute atomic E-state index is 0.0507. The molecule has 0 aromatic heterocycles. The number of rotatable bonds is 9. The lowest BCUT2D eigenvalue weighted by Gasteiger charge is -2.40. The SMILES string of the molecule is CC[C@@]12C=CCN(Cc3ccccc3)C(=O)[C@@H]1[C@H]1C(=O)N(CCCCCO)C3C(=O)N(C4CCCCC4)CC=C[C@@]31O2. The lowest BCUT2D eigenvalue weighted by Crippen LogP contribution is -2.57. The normalized spacial score (nSPS) is 33.0. The molecular formula is C34H45N3O5. The molecule has 4 heterocycles. The van der Waals surface area contributed by atoms with Crippen molar-refractivity contribution in [1.29, 1.82) is 0 Å². The Balaban J connectivity index is 1.40. The number of unbranched alkanes of at least 4 members (excludes halogenated alkanes) is 2. The molecular weight excluding hydrogens is 530 g/mol. The van der Waals surface area contributed by atoms with E-state index >= 15 is 0 Å². The van der Waals surface area contributed by atoms with Crippen molar-refractivity contribution in [3.63, 3.8) is 0 Å². The van der Waals surface area contributed by atoms with Crippen molar-refractivity contribution in [2.75, 3.05) is 26.2 Å². The fraction of sp³-hybridized carbons (Fsp3) is 0.618. The van der Waals surface area contributed by atoms with Gasteiger partial charge in [-0.25, -0.2) is 0 Å². The smallest absolute Gasteiger partial charge is 0.249 e. The van der Waals surface area contributed by atoms with Crippen molar-refractivity contribution >= 4 is 17.7 Å². The highest BCUT2D eigenvalue weighted by atomic mass is 16.5. The van der Waals surface area contributed by atoms with Crippen LogP contribution in [-0.4, -0.2) is 87.1 Å². The fourth-order valence-electron chi connectivity index (χ4n) is 8.31. The molecule has 226 valence electrons. The number of ether oxygens (including phenoxy) is 1. The zero-order chi connectivity index (χ0) is 29.3. The summed E-state index contributed by atoms with van der Waals surface area (Å²) in [5, 5.41) is 9.34. The topological polar surface area (TPSA) is 90.4 Å². The van der Waals surface area contributed by atoms with Crippen LogP contribution in [0.1, 0.15) is 70.3 Å². The molecule has 4 aliphatic heterocycles. The van der Waals surface area contributed by atoms with Gasteiger partial charge in [-0.3, -0.25) is 14.4 Å². The maximum absolute atomic E-state index is 14.6. The van der Waals surface area contributed by atoms with Crippen molar-refractivity contribution in [3.05, 3.63) is 60.2 Å². The molecule has 1 aromatic rings. The van der Waals surface area contributed by atoms with Gasteiger partial charge in [0.2, 0.25) is 17.7 Å². The Kier molecular flexibility index (Phi) is 8.29. The molecule has 1 unspecified atom stereocenters. The number of fused-ring (bicyclic) bond motifs is 2. The van der Waals surface area contributed by atoms with Crippen molar-refractivity contribution in [2.45, 2.75) is 94.5 Å². The maximum Gasteiger partial charge on any atom is 0.249 e. The van der Waals surface area contributed by atoms with Crippen LogP contribution in [0.2, 0.25) is 0 Å². The number of likely N-dealkylation sites (tertiary alicyclic amines) is 1. The van der Waals surface area contributed by atoms with Gasteiger partial charge in [-0.2, -0.15) is 0 Å². The van der Waals surface area contributed by atoms with E-state index in [0.29, 0.717) is 45.4 Å². The van der Waals surface area contributed by atoms with E-state index in [1.807, 2.05) is 71.4 Å². The van der Waals surface area contributed by atoms with Gasteiger partial charge < -0.3 is 24.5 Å². The molecule has 3 amide bonds. The first-order valence-corrected chi connectivity index (χ1v) is 16.1. The molecule has 3 fully saturated rings. The van der Waals surface area contributed by atoms with Crippen LogP contribution in [0.15, 0.2) is 54.6 Å². The van der Waals surface area contributed by atoms with Crippen molar-refractivity contribution < 1.29 is 24.2 Å². The zero-order valence-corrected chi connectivity index (χ0v) is 24.8. The number of hydrogen-bond donors (Lipinski definition) is 1. The summed E-state index contributed by atoms with van der Waals surface area (Å²) in [7, 11) is 0. The predicted octanol–water partition coefficient (Wildman–Crippen LogP) is 3.84. The minimum Gasteiger partial charge on any atom is -0.396 e. The number of aliphatic hydroxyl groups is 1. The first-order chi connectivity index (χ1) is 20.5. The lowest BCUT2D eigenvalue weighted by atomic mass is 9.73. The van der Waals surface area contributed by atoms with Crippen LogP contribution >= 0.6 is 0 Å². The van der Waals surface area contributed by atoms with Crippen LogP contribution in [0.5, 0.6) is 0 Å². The Bertz CT molecular complexity index is 1230. The molecule has 8 heteroatoms. The number of nitrogens with zero attached hydrogens (tertiary/aromatic N) is 3. The number of carbonyl (C=O) groups excluding carboxylic acids is 3. The predicted molar refractivity (Wildman–Crippen MR) is 159 cm³/mol. The molecule has 0 radical (unpaired) electrons. The van der Waals surface area contributed by atoms with E-state index in [4.69, 9.17) is 4.74 Å². The van der Waals surface area contributed by atoms with E-state index in [0.717, 1.165) is 37.7 Å². The second-order valence-corrected chi connectivity index (χ2v) is 12.7. The standard InChI is InChI=1S/C34H45N3O5/c1-2-33-18-12-20-35(24-25-14-6-3-7-15-25)30(39)27(33)28-31(40)37(21-10-5-11-23-38)29-32(41)36(26-16-8-4-9-17-26)22-13-19-34(28,29)42-33/h3,6-7,12-15,18-19,26-29,38H,2,4-5,8-11,16-17,20-24H2,1H3/t27-,28-,29?,33+,34-/m0/s1. The largest absolute Gasteiger partial charge is 0.396 e. The third-order valence-corrected chi connectivity index (χ3v) is 10.3. The van der Waals surface area contributed by atoms with Crippen LogP contribution in [0, 0.1) is 11.8 Å². The highest BCUT2D eigenvalue weighted by Crippen LogP contribution is 2.58. The number of amides is 3. The second kappa shape index (κ2) is 12.0. The fourth-order valence-corrected chi connectivity index (χ4v) is 8.31. The van der Waals surface area contributed by atoms with E-state index in [9.17, 15) is 19.5 Å². The highest BCUT2D eigenvalue weighted by Gasteiger charge is 2.75. The Labute approximate surface area is 249 Å². The van der Waals surface area contributed by atoms with E-state index in [1.165, 1.54) is 6.42 Å². The van der Waals surface area contributed by atoms with Crippen LogP contribution < -0.4 is 0 Å². The molecule has 6 rings (SSSR count). The molecule has 42 heavy (non-hydrogen) atoms. The molecule has 5 atom stereocenters. The molecule has 1 spiro atoms. The second-order valence-electron chi connectivity index (χ2n) is 12.7. The van der Waals surface area contributed by atoms with Gasteiger partial charge in [0.05, 0.1) is 17.4 Å². The van der Waals surface area contributed by atoms with Crippen molar-refractivity contribution in [3.8, 4) is 0 Å². The third-order valence-electron chi connectivity index (χ3n) is 10.3. The van der Waals surface area contributed by atoms with Gasteiger partial charge in [0, 0.05) is 38.8 Å². The molecule has 0 bridgehead atoms. The maximum atomic E-state index is 14.6. The van der Waals surface area contributed by atoms with Gasteiger partial charge in [0.15, 0.2) is 0 Å². The third kappa shape index (κ3) is 4.80. The molecule has 8 nitrogen and oxygen atoms in total. The van der Waals surface area contributed by atoms with Crippen LogP contribution in [0.3, 0.4) is 0 Å². The Morgan fingerprint density at radius 3 is 2.38 bits per heavy atom. The average Bonchev–Trinajstić information content (AvgIpc) is 3.30. The van der Waals surface area contributed by atoms with Crippen LogP contribution in [-0.2, 0) is 25.7 Å². The molecule has 1 aromatic carbocycles. The quantitative estimate of drug-likeness (QED) is 0.357. The first-order valence-electron chi connectivity index (χ1n) is 16.1. The number of benzene rings is 1. The first kappa shape index (κ1) is 29.1. The molecule has 2 saturated heterocycles. The van der Waals surface area contributed by atoms with Gasteiger partial charge in [0.1, 0.15) is 11.6 Å². The molecule has 1 N–H and O–H groups in total. The minimum atomic E-state index is -1.20. The van der Waals surface area contributed by atoms with Crippen LogP contribution in [0.4, 0.5) is 0 Å². The van der Waals surface area contributed by atoms with Gasteiger partial charge in [-0.1, -0.05) is 80.8 Å². The van der Waals surface area contributed by atoms with Gasteiger partial charge >= 0.3 is 0 Å². The van der Waals surface area contributed by atoms with Gasteiger partial charge in [0.25, 0.3) is 0 Å². The average molecular weight is 576 g/mol. The summed E-state index contributed by atoms with van der Waals surface area (Å²) in [6.07, 6.45) is 16.0. The van der Waals surface area contributed by atoms with E-state index < -0.39 is 29.1 Å². The molecule has 5 aliphatic rings. The van der Waals surface area contributed by atoms with E-state index in [-0.39, 0.29) is 30.4 Å². The van der Waals surface area contributed by atoms with Gasteiger partial charge in [-0.15, -0.1) is 0 Å². The summed E-state index contributed by atoms with van der Waals surface area (Å²) in [5.41, 5.74) is -1.13. The number of hydrogen-bond acceptors (Lipinski definition) is 5. The molecule has 1 saturated carbocycles. The van der Waals surface area contributed by atoms with E-state index in [2.05, 4.69) is 0 Å². The summed E-state index contributed by atoms with van der Waals surface area (Å²) < 4.78 is 7.11. The Morgan fingerprint density at radius 2 is 1.64 bits per heavy atom. The zero-order valence-electron chi connectivity index (χ0n) is 24.8. The molecule has 1 aliphatic carbocycles. The monoisotopic (exact) mass is 575 g/mol. The van der Waals surface area contributed by atoms with Crippen molar-refractivity contribution in [2.24, 2.45) is 11.8 Å². The van der Waals surface area contributed by atoms with E-state index in [1.54, 1.807) is 4.90 Å². The summed E-state index contributed by atoms with van der Waals surface area (Å²) in [4.78, 5) is 49.3. The highest BCUT2D eigenvalue weighted by molar-refractivity contribution is 6.00. The van der Waals surface area contributed by atoms with Gasteiger partial charge in [-0.05, 0) is 44.1 Å². The lowest BCUT2D eigenvalue weighted by molar-refractivity contribution is -0.155. The Morgan fingerprint density at radius 1 is 0.881 bits per heavy atom. The Hall–Kier alpha value is -2.97. The summed E-state index contributed by atoms with van der Waals surface area (Å²) in [6.45, 7) is 3.92. The summed E-state index contributed by atoms with van der Waals surface area (Å²) in [5.74, 6) is -1.79. The van der Waals surface area contributed by atoms with Crippen molar-refractivity contribution in [1.82, 2.24) is 14.7 Å². The summed E-state index contributed by atoms with van der Waals surface area (Å²) in [6, 6.07) is 9.28. The summed E-state index contributed by atoms with van der Waals surface area (Å²) >= 11 is 0. The van der Waals surface area contributed by atoms with Crippen LogP contribution in [0.25, 0.3) is 0 Å². The number of aliphatic hydroxyl groups excluding tert-OH is 1. The number of carbonyl (C=O) groups is 3.